The Morgan fingerprint density at radius 1 is 0.956 bits per heavy atom. The Morgan fingerprint density at radius 2 is 1.62 bits per heavy atom. The molecule has 0 radical (unpaired) electrons. The molecule has 14 heteroatoms. The number of anilines is 1. The van der Waals surface area contributed by atoms with Crippen LogP contribution in [0.4, 0.5) is 9.80 Å². The lowest BCUT2D eigenvalue weighted by molar-refractivity contribution is 0.0924. The fourth-order valence-corrected chi connectivity index (χ4v) is 7.62. The van der Waals surface area contributed by atoms with Gasteiger partial charge < -0.3 is 19.5 Å². The van der Waals surface area contributed by atoms with Gasteiger partial charge in [0.25, 0.3) is 11.8 Å². The molecule has 45 heavy (non-hydrogen) atoms. The average molecular weight is 659 g/mol. The fourth-order valence-electron chi connectivity index (χ4n) is 4.92. The van der Waals surface area contributed by atoms with Crippen molar-refractivity contribution in [3.63, 3.8) is 0 Å². The van der Waals surface area contributed by atoms with Gasteiger partial charge >= 0.3 is 6.09 Å². The lowest BCUT2D eigenvalue weighted by atomic mass is 10.0. The number of sulfonamides is 1. The van der Waals surface area contributed by atoms with Gasteiger partial charge in [-0.2, -0.15) is 4.31 Å². The maximum absolute atomic E-state index is 13.4. The van der Waals surface area contributed by atoms with Crippen molar-refractivity contribution in [3.05, 3.63) is 81.7 Å². The molecule has 0 spiro atoms. The number of carbonyl (C=O) groups is 3. The number of carbonyl (C=O) groups excluding carboxylic acids is 3. The van der Waals surface area contributed by atoms with Gasteiger partial charge in [-0.15, -0.1) is 11.3 Å². The predicted octanol–water partition coefficient (Wildman–Crippen LogP) is 3.73. The fraction of sp³-hybridized carbons (Fsp3) is 0.387. The van der Waals surface area contributed by atoms with E-state index in [0.717, 1.165) is 22.5 Å². The largest absolute Gasteiger partial charge is 0.450 e. The average Bonchev–Trinajstić information content (AvgIpc) is 3.38. The molecule has 12 nitrogen and oxygen atoms in total. The summed E-state index contributed by atoms with van der Waals surface area (Å²) in [7, 11) is -0.886. The second kappa shape index (κ2) is 16.1. The molecular formula is C31H38N4O8S2. The number of nitrogens with zero attached hydrogens (tertiary/aromatic N) is 2. The molecule has 0 aliphatic carbocycles. The molecule has 3 aromatic rings. The van der Waals surface area contributed by atoms with E-state index >= 15 is 0 Å². The first-order valence-corrected chi connectivity index (χ1v) is 16.7. The number of fused-ring (bicyclic) bond motifs is 1. The summed E-state index contributed by atoms with van der Waals surface area (Å²) in [5.74, 6) is -1.19. The molecule has 0 atom stereocenters. The molecule has 0 bridgehead atoms. The highest BCUT2D eigenvalue weighted by atomic mass is 32.2. The third-order valence-corrected chi connectivity index (χ3v) is 10.2. The van der Waals surface area contributed by atoms with E-state index in [1.807, 2.05) is 18.2 Å². The smallest absolute Gasteiger partial charge is 0.414 e. The number of methoxy groups -OCH3 is 2. The number of nitrogens with one attached hydrogen (secondary N) is 2. The summed E-state index contributed by atoms with van der Waals surface area (Å²) >= 11 is 1.28. The predicted molar refractivity (Wildman–Crippen MR) is 170 cm³/mol. The van der Waals surface area contributed by atoms with Crippen LogP contribution in [0.2, 0.25) is 0 Å². The number of ether oxygens (including phenoxy) is 3. The highest BCUT2D eigenvalue weighted by Crippen LogP contribution is 2.38. The van der Waals surface area contributed by atoms with Crippen LogP contribution in [-0.2, 0) is 43.7 Å². The molecule has 2 aromatic carbocycles. The van der Waals surface area contributed by atoms with Crippen LogP contribution in [0.1, 0.15) is 43.6 Å². The van der Waals surface area contributed by atoms with E-state index in [9.17, 15) is 22.8 Å². The second-order valence-electron chi connectivity index (χ2n) is 10.2. The van der Waals surface area contributed by atoms with E-state index in [2.05, 4.69) is 27.7 Å². The Morgan fingerprint density at radius 3 is 2.24 bits per heavy atom. The monoisotopic (exact) mass is 658 g/mol. The zero-order valence-corrected chi connectivity index (χ0v) is 27.2. The van der Waals surface area contributed by atoms with Gasteiger partial charge in [-0.05, 0) is 48.7 Å². The van der Waals surface area contributed by atoms with Gasteiger partial charge in [0.1, 0.15) is 5.00 Å². The number of rotatable bonds is 14. The van der Waals surface area contributed by atoms with Crippen LogP contribution in [0.25, 0.3) is 0 Å². The first-order chi connectivity index (χ1) is 21.7. The SMILES string of the molecule is CCOC(=O)NC(=O)c1c(NC(=O)c2ccc(S(=O)(=O)N(CCOC)CCOC)cc2)sc2c1CCN(Cc1ccccc1)C2. The lowest BCUT2D eigenvalue weighted by Gasteiger charge is -2.27. The van der Waals surface area contributed by atoms with Gasteiger partial charge in [-0.25, -0.2) is 13.2 Å². The van der Waals surface area contributed by atoms with Crippen LogP contribution in [0, 0.1) is 0 Å². The van der Waals surface area contributed by atoms with Gasteiger partial charge in [0, 0.05) is 57.4 Å². The molecule has 1 aliphatic heterocycles. The summed E-state index contributed by atoms with van der Waals surface area (Å²) in [6.07, 6.45) is -0.321. The molecular weight excluding hydrogens is 620 g/mol. The Bertz CT molecular complexity index is 1570. The molecule has 1 aliphatic rings. The Kier molecular flexibility index (Phi) is 12.2. The van der Waals surface area contributed by atoms with E-state index in [1.165, 1.54) is 54.1 Å². The minimum absolute atomic E-state index is 0.0193. The van der Waals surface area contributed by atoms with Crippen molar-refractivity contribution in [2.24, 2.45) is 0 Å². The van der Waals surface area contributed by atoms with Crippen molar-refractivity contribution in [1.82, 2.24) is 14.5 Å². The van der Waals surface area contributed by atoms with Crippen LogP contribution >= 0.6 is 11.3 Å². The van der Waals surface area contributed by atoms with E-state index in [0.29, 0.717) is 24.5 Å². The molecule has 242 valence electrons. The first-order valence-electron chi connectivity index (χ1n) is 14.5. The van der Waals surface area contributed by atoms with Crippen LogP contribution in [-0.4, -0.2) is 89.2 Å². The number of hydrogen-bond donors (Lipinski definition) is 2. The van der Waals surface area contributed by atoms with E-state index in [4.69, 9.17) is 14.2 Å². The molecule has 0 fully saturated rings. The lowest BCUT2D eigenvalue weighted by Crippen LogP contribution is -2.36. The third kappa shape index (κ3) is 8.75. The number of thiophene rings is 1. The summed E-state index contributed by atoms with van der Waals surface area (Å²) in [5, 5.41) is 5.38. The number of amides is 3. The quantitative estimate of drug-likeness (QED) is 0.265. The standard InChI is InChI=1S/C31H38N4O8S2/c1-4-43-31(38)33-29(37)27-25-14-15-34(20-22-8-6-5-7-9-22)21-26(25)44-30(27)32-28(36)23-10-12-24(13-11-23)45(39,40)35(16-18-41-2)17-19-42-3/h5-13H,4,14-21H2,1-3H3,(H,32,36)(H,33,37,38). The molecule has 0 saturated heterocycles. The topological polar surface area (TPSA) is 144 Å². The number of hydrogen-bond acceptors (Lipinski definition) is 10. The summed E-state index contributed by atoms with van der Waals surface area (Å²) < 4.78 is 42.8. The Hall–Kier alpha value is -3.66. The van der Waals surface area contributed by atoms with E-state index in [1.54, 1.807) is 6.92 Å². The molecule has 1 aromatic heterocycles. The summed E-state index contributed by atoms with van der Waals surface area (Å²) in [5.41, 5.74) is 2.36. The first kappa shape index (κ1) is 34.2. The van der Waals surface area contributed by atoms with Crippen LogP contribution in [0.15, 0.2) is 59.5 Å². The Balaban J connectivity index is 1.56. The van der Waals surface area contributed by atoms with Crippen molar-refractivity contribution >= 4 is 44.3 Å². The molecule has 2 N–H and O–H groups in total. The van der Waals surface area contributed by atoms with Crippen molar-refractivity contribution in [2.75, 3.05) is 59.0 Å². The number of imide groups is 1. The summed E-state index contributed by atoms with van der Waals surface area (Å²) in [4.78, 5) is 41.9. The highest BCUT2D eigenvalue weighted by molar-refractivity contribution is 7.89. The van der Waals surface area contributed by atoms with Gasteiger partial charge in [0.05, 0.1) is 30.3 Å². The van der Waals surface area contributed by atoms with Crippen molar-refractivity contribution < 1.29 is 37.0 Å². The van der Waals surface area contributed by atoms with Gasteiger partial charge in [0.15, 0.2) is 0 Å². The van der Waals surface area contributed by atoms with Crippen molar-refractivity contribution in [3.8, 4) is 0 Å². The maximum atomic E-state index is 13.4. The number of alkyl carbamates (subject to hydrolysis) is 1. The zero-order valence-electron chi connectivity index (χ0n) is 25.5. The van der Waals surface area contributed by atoms with E-state index < -0.39 is 27.9 Å². The van der Waals surface area contributed by atoms with Crippen LogP contribution < -0.4 is 10.6 Å². The van der Waals surface area contributed by atoms with Gasteiger partial charge in [-0.3, -0.25) is 19.8 Å². The molecule has 3 amide bonds. The normalized spacial score (nSPS) is 13.3. The molecule has 0 unspecified atom stereocenters. The minimum Gasteiger partial charge on any atom is -0.450 e. The van der Waals surface area contributed by atoms with E-state index in [-0.39, 0.29) is 48.9 Å². The highest BCUT2D eigenvalue weighted by Gasteiger charge is 2.30. The van der Waals surface area contributed by atoms with Gasteiger partial charge in [0.2, 0.25) is 10.0 Å². The van der Waals surface area contributed by atoms with Crippen molar-refractivity contribution in [2.45, 2.75) is 31.3 Å². The Labute approximate surface area is 267 Å². The van der Waals surface area contributed by atoms with Gasteiger partial charge in [-0.1, -0.05) is 30.3 Å². The third-order valence-electron chi connectivity index (χ3n) is 7.17. The minimum atomic E-state index is -3.87. The molecule has 4 rings (SSSR count). The zero-order chi connectivity index (χ0) is 32.4. The van der Waals surface area contributed by atoms with Crippen LogP contribution in [0.3, 0.4) is 0 Å². The summed E-state index contributed by atoms with van der Waals surface area (Å²) in [6, 6.07) is 15.6. The summed E-state index contributed by atoms with van der Waals surface area (Å²) in [6.45, 7) is 4.44. The van der Waals surface area contributed by atoms with Crippen molar-refractivity contribution in [1.29, 1.82) is 0 Å². The molecule has 2 heterocycles. The number of benzene rings is 2. The second-order valence-corrected chi connectivity index (χ2v) is 13.2. The molecule has 0 saturated carbocycles. The maximum Gasteiger partial charge on any atom is 0.414 e. The van der Waals surface area contributed by atoms with Crippen LogP contribution in [0.5, 0.6) is 0 Å².